The van der Waals surface area contributed by atoms with Gasteiger partial charge in [0.15, 0.2) is 15.7 Å². The summed E-state index contributed by atoms with van der Waals surface area (Å²) in [5.41, 5.74) is 2.27. The molecule has 40 heavy (non-hydrogen) atoms. The summed E-state index contributed by atoms with van der Waals surface area (Å²) < 4.78 is 36.9. The number of benzene rings is 2. The number of rotatable bonds is 10. The molecule has 11 heteroatoms. The standard InChI is InChI=1S/C29H32FN5O4S/c30-23-10-8-20(9-11-23)24-19-26(24)31-12-1-3-25(29(37)35-15-17-40(38,39)18-16-35)34-28(36)22-6-4-21(5-7-22)27-32-13-2-14-33-27/h2,4-11,13-14,24-26,31H,1,3,12,15-19H2,(H,34,36)/t24-,25-,26+/m0/s1. The predicted molar refractivity (Wildman–Crippen MR) is 149 cm³/mol. The number of halogens is 1. The second kappa shape index (κ2) is 12.2. The van der Waals surface area contributed by atoms with Crippen LogP contribution in [0.1, 0.15) is 41.1 Å². The molecule has 0 spiro atoms. The molecule has 210 valence electrons. The molecule has 1 saturated heterocycles. The lowest BCUT2D eigenvalue weighted by atomic mass is 10.1. The third-order valence-corrected chi connectivity index (χ3v) is 9.00. The molecular weight excluding hydrogens is 533 g/mol. The Morgan fingerprint density at radius 2 is 1.68 bits per heavy atom. The molecule has 0 unspecified atom stereocenters. The Bertz CT molecular complexity index is 1420. The van der Waals surface area contributed by atoms with Gasteiger partial charge in [0.05, 0.1) is 11.5 Å². The summed E-state index contributed by atoms with van der Waals surface area (Å²) in [6.45, 7) is 0.903. The van der Waals surface area contributed by atoms with Gasteiger partial charge in [0.1, 0.15) is 11.9 Å². The van der Waals surface area contributed by atoms with Crippen LogP contribution in [-0.2, 0) is 14.6 Å². The number of aromatic nitrogens is 2. The van der Waals surface area contributed by atoms with Gasteiger partial charge in [-0.2, -0.15) is 0 Å². The summed E-state index contributed by atoms with van der Waals surface area (Å²) in [6.07, 6.45) is 5.31. The van der Waals surface area contributed by atoms with Crippen molar-refractivity contribution < 1.29 is 22.4 Å². The highest BCUT2D eigenvalue weighted by molar-refractivity contribution is 7.91. The summed E-state index contributed by atoms with van der Waals surface area (Å²) in [6, 6.07) is 14.7. The SMILES string of the molecule is O=C(N[C@@H](CCCN[C@@H]1C[C@H]1c1ccc(F)cc1)C(=O)N1CCS(=O)(=O)CC1)c1ccc(-c2ncccn2)cc1. The van der Waals surface area contributed by atoms with Crippen LogP contribution in [0.25, 0.3) is 11.4 Å². The normalized spacial score (nSPS) is 20.5. The lowest BCUT2D eigenvalue weighted by Crippen LogP contribution is -2.53. The number of nitrogens with zero attached hydrogens (tertiary/aromatic N) is 3. The fourth-order valence-electron chi connectivity index (χ4n) is 4.96. The Labute approximate surface area is 233 Å². The van der Waals surface area contributed by atoms with E-state index in [0.717, 1.165) is 17.5 Å². The smallest absolute Gasteiger partial charge is 0.251 e. The van der Waals surface area contributed by atoms with Gasteiger partial charge in [0.2, 0.25) is 5.91 Å². The molecule has 2 aliphatic rings. The maximum absolute atomic E-state index is 13.4. The lowest BCUT2D eigenvalue weighted by Gasteiger charge is -2.30. The molecule has 3 atom stereocenters. The number of carbonyl (C=O) groups is 2. The highest BCUT2D eigenvalue weighted by atomic mass is 32.2. The summed E-state index contributed by atoms with van der Waals surface area (Å²) in [5.74, 6) is -0.153. The van der Waals surface area contributed by atoms with Crippen LogP contribution in [0.5, 0.6) is 0 Å². The summed E-state index contributed by atoms with van der Waals surface area (Å²) >= 11 is 0. The molecule has 1 aromatic heterocycles. The van der Waals surface area contributed by atoms with Gasteiger partial charge in [-0.1, -0.05) is 24.3 Å². The van der Waals surface area contributed by atoms with Crippen molar-refractivity contribution in [3.63, 3.8) is 0 Å². The predicted octanol–water partition coefficient (Wildman–Crippen LogP) is 2.56. The first kappa shape index (κ1) is 27.9. The van der Waals surface area contributed by atoms with E-state index in [1.54, 1.807) is 42.7 Å². The van der Waals surface area contributed by atoms with E-state index >= 15 is 0 Å². The van der Waals surface area contributed by atoms with E-state index in [-0.39, 0.29) is 42.2 Å². The highest BCUT2D eigenvalue weighted by Crippen LogP contribution is 2.40. The topological polar surface area (TPSA) is 121 Å². The van der Waals surface area contributed by atoms with E-state index in [9.17, 15) is 22.4 Å². The molecule has 1 aliphatic carbocycles. The van der Waals surface area contributed by atoms with Crippen molar-refractivity contribution in [2.45, 2.75) is 37.3 Å². The van der Waals surface area contributed by atoms with Gasteiger partial charge in [-0.25, -0.2) is 22.8 Å². The monoisotopic (exact) mass is 565 g/mol. The molecule has 1 aliphatic heterocycles. The van der Waals surface area contributed by atoms with Gasteiger partial charge in [0.25, 0.3) is 5.91 Å². The zero-order valence-electron chi connectivity index (χ0n) is 22.0. The van der Waals surface area contributed by atoms with Gasteiger partial charge >= 0.3 is 0 Å². The molecule has 0 bridgehead atoms. The number of hydrogen-bond acceptors (Lipinski definition) is 7. The van der Waals surface area contributed by atoms with Crippen LogP contribution < -0.4 is 10.6 Å². The third kappa shape index (κ3) is 7.08. The third-order valence-electron chi connectivity index (χ3n) is 7.40. The zero-order valence-corrected chi connectivity index (χ0v) is 22.8. The van der Waals surface area contributed by atoms with Crippen LogP contribution in [-0.4, -0.2) is 78.3 Å². The van der Waals surface area contributed by atoms with E-state index in [1.165, 1.54) is 17.0 Å². The highest BCUT2D eigenvalue weighted by Gasteiger charge is 2.38. The zero-order chi connectivity index (χ0) is 28.1. The van der Waals surface area contributed by atoms with E-state index in [4.69, 9.17) is 0 Å². The first-order chi connectivity index (χ1) is 19.3. The molecule has 3 aromatic rings. The van der Waals surface area contributed by atoms with Crippen molar-refractivity contribution in [2.24, 2.45) is 0 Å². The Hall–Kier alpha value is -3.70. The van der Waals surface area contributed by atoms with Crippen LogP contribution in [0, 0.1) is 5.82 Å². The second-order valence-electron chi connectivity index (χ2n) is 10.2. The molecular formula is C29H32FN5O4S. The molecule has 1 saturated carbocycles. The van der Waals surface area contributed by atoms with Gasteiger partial charge in [-0.05, 0) is 61.7 Å². The minimum absolute atomic E-state index is 0.0730. The van der Waals surface area contributed by atoms with Crippen molar-refractivity contribution in [3.05, 3.63) is 83.9 Å². The number of nitrogens with one attached hydrogen (secondary N) is 2. The van der Waals surface area contributed by atoms with Gasteiger partial charge < -0.3 is 15.5 Å². The largest absolute Gasteiger partial charge is 0.340 e. The van der Waals surface area contributed by atoms with Crippen molar-refractivity contribution in [1.29, 1.82) is 0 Å². The molecule has 2 amide bonds. The fourth-order valence-corrected chi connectivity index (χ4v) is 6.16. The molecule has 9 nitrogen and oxygen atoms in total. The van der Waals surface area contributed by atoms with Gasteiger partial charge in [-0.15, -0.1) is 0 Å². The van der Waals surface area contributed by atoms with E-state index in [1.807, 2.05) is 12.1 Å². The van der Waals surface area contributed by atoms with Gasteiger partial charge in [-0.3, -0.25) is 9.59 Å². The molecule has 2 N–H and O–H groups in total. The molecule has 2 aromatic carbocycles. The van der Waals surface area contributed by atoms with Gasteiger partial charge in [0, 0.05) is 48.6 Å². The van der Waals surface area contributed by atoms with E-state index in [2.05, 4.69) is 20.6 Å². The first-order valence-electron chi connectivity index (χ1n) is 13.5. The van der Waals surface area contributed by atoms with Crippen molar-refractivity contribution in [2.75, 3.05) is 31.1 Å². The van der Waals surface area contributed by atoms with Crippen LogP contribution in [0.4, 0.5) is 4.39 Å². The molecule has 5 rings (SSSR count). The van der Waals surface area contributed by atoms with Crippen molar-refractivity contribution in [3.8, 4) is 11.4 Å². The average Bonchev–Trinajstić information content (AvgIpc) is 3.74. The first-order valence-corrected chi connectivity index (χ1v) is 15.3. The summed E-state index contributed by atoms with van der Waals surface area (Å²) in [7, 11) is -3.14. The Kier molecular flexibility index (Phi) is 8.51. The Morgan fingerprint density at radius 3 is 2.35 bits per heavy atom. The van der Waals surface area contributed by atoms with Crippen LogP contribution >= 0.6 is 0 Å². The second-order valence-corrected chi connectivity index (χ2v) is 12.6. The number of sulfone groups is 1. The molecule has 2 heterocycles. The van der Waals surface area contributed by atoms with Crippen LogP contribution in [0.2, 0.25) is 0 Å². The molecule has 2 fully saturated rings. The maximum atomic E-state index is 13.4. The lowest BCUT2D eigenvalue weighted by molar-refractivity contribution is -0.133. The number of hydrogen-bond donors (Lipinski definition) is 2. The van der Waals surface area contributed by atoms with E-state index < -0.39 is 15.9 Å². The quantitative estimate of drug-likeness (QED) is 0.363. The minimum Gasteiger partial charge on any atom is -0.340 e. The number of carbonyl (C=O) groups excluding carboxylic acids is 2. The number of amides is 2. The van der Waals surface area contributed by atoms with E-state index in [0.29, 0.717) is 42.7 Å². The molecule has 0 radical (unpaired) electrons. The van der Waals surface area contributed by atoms with Crippen molar-refractivity contribution in [1.82, 2.24) is 25.5 Å². The summed E-state index contributed by atoms with van der Waals surface area (Å²) in [4.78, 5) is 36.4. The Balaban J connectivity index is 1.18. The Morgan fingerprint density at radius 1 is 1.00 bits per heavy atom. The minimum atomic E-state index is -3.14. The fraction of sp³-hybridized carbons (Fsp3) is 0.379. The van der Waals surface area contributed by atoms with Crippen LogP contribution in [0.15, 0.2) is 67.0 Å². The maximum Gasteiger partial charge on any atom is 0.251 e. The average molecular weight is 566 g/mol. The van der Waals surface area contributed by atoms with Crippen LogP contribution in [0.3, 0.4) is 0 Å². The summed E-state index contributed by atoms with van der Waals surface area (Å²) in [5, 5.41) is 6.37. The van der Waals surface area contributed by atoms with Crippen molar-refractivity contribution >= 4 is 21.7 Å².